The number of likely N-dealkylation sites (N-methyl/N-ethyl adjacent to an activating group) is 1. The summed E-state index contributed by atoms with van der Waals surface area (Å²) in [7, 11) is 1.95. The highest BCUT2D eigenvalue weighted by molar-refractivity contribution is 6.00. The number of urea groups is 1. The van der Waals surface area contributed by atoms with Gasteiger partial charge in [-0.25, -0.2) is 14.0 Å². The molecule has 3 aromatic carbocycles. The van der Waals surface area contributed by atoms with Crippen LogP contribution in [-0.4, -0.2) is 76.8 Å². The second kappa shape index (κ2) is 14.1. The molecule has 0 saturated carbocycles. The van der Waals surface area contributed by atoms with Crippen LogP contribution in [0.4, 0.5) is 20.6 Å². The number of carboxylic acid groups (broad SMARTS) is 1. The quantitative estimate of drug-likeness (QED) is 0.289. The zero-order valence-electron chi connectivity index (χ0n) is 24.4. The third-order valence-electron chi connectivity index (χ3n) is 7.42. The molecule has 0 bridgehead atoms. The van der Waals surface area contributed by atoms with E-state index in [1.807, 2.05) is 14.0 Å². The van der Waals surface area contributed by atoms with E-state index in [0.717, 1.165) is 5.56 Å². The number of aliphatic hydroxyl groups excluding tert-OH is 1. The number of benzene rings is 3. The number of hydrogen-bond acceptors (Lipinski definition) is 6. The summed E-state index contributed by atoms with van der Waals surface area (Å²) in [6.07, 6.45) is -0.318. The van der Waals surface area contributed by atoms with Gasteiger partial charge in [0.25, 0.3) is 0 Å². The van der Waals surface area contributed by atoms with E-state index in [-0.39, 0.29) is 36.5 Å². The van der Waals surface area contributed by atoms with Crippen LogP contribution in [0.15, 0.2) is 66.7 Å². The molecule has 1 aliphatic rings. The van der Waals surface area contributed by atoms with E-state index in [9.17, 15) is 29.0 Å². The topological polar surface area (TPSA) is 131 Å². The Kier molecular flexibility index (Phi) is 10.3. The first-order chi connectivity index (χ1) is 20.5. The average molecular weight is 593 g/mol. The fourth-order valence-electron chi connectivity index (χ4n) is 4.99. The van der Waals surface area contributed by atoms with Crippen molar-refractivity contribution in [1.82, 2.24) is 9.80 Å². The fourth-order valence-corrected chi connectivity index (χ4v) is 4.99. The Morgan fingerprint density at radius 3 is 2.37 bits per heavy atom. The van der Waals surface area contributed by atoms with Crippen molar-refractivity contribution in [3.05, 3.63) is 89.2 Å². The zero-order valence-corrected chi connectivity index (χ0v) is 24.4. The van der Waals surface area contributed by atoms with Crippen LogP contribution >= 0.6 is 0 Å². The van der Waals surface area contributed by atoms with Crippen LogP contribution in [0.5, 0.6) is 5.75 Å². The second-order valence-electron chi connectivity index (χ2n) is 11.0. The molecule has 0 fully saturated rings. The predicted molar refractivity (Wildman–Crippen MR) is 161 cm³/mol. The second-order valence-corrected chi connectivity index (χ2v) is 11.0. The van der Waals surface area contributed by atoms with E-state index in [0.29, 0.717) is 42.3 Å². The molecule has 0 aliphatic carbocycles. The maximum Gasteiger partial charge on any atom is 0.335 e. The summed E-state index contributed by atoms with van der Waals surface area (Å²) in [5, 5.41) is 24.5. The highest BCUT2D eigenvalue weighted by Gasteiger charge is 2.31. The number of hydrogen-bond donors (Lipinski definition) is 4. The molecule has 43 heavy (non-hydrogen) atoms. The molecular formula is C32H37FN4O6. The molecule has 228 valence electrons. The van der Waals surface area contributed by atoms with Crippen molar-refractivity contribution >= 4 is 29.3 Å². The Labute approximate surface area is 250 Å². The van der Waals surface area contributed by atoms with Gasteiger partial charge in [0.15, 0.2) is 0 Å². The lowest BCUT2D eigenvalue weighted by Gasteiger charge is -2.34. The van der Waals surface area contributed by atoms with Crippen LogP contribution in [0.1, 0.15) is 35.3 Å². The SMILES string of the molecule is C[C@@H]1CN([C@@H](C)CO)C(=O)Cc2cc(NC(=O)Nc3ccc(F)cc3)ccc2O[C@@H]1CN(C)Cc1ccc(C(=O)O)cc1. The highest BCUT2D eigenvalue weighted by Crippen LogP contribution is 2.29. The molecule has 3 amide bonds. The molecule has 0 aromatic heterocycles. The Morgan fingerprint density at radius 2 is 1.72 bits per heavy atom. The van der Waals surface area contributed by atoms with E-state index < -0.39 is 23.9 Å². The van der Waals surface area contributed by atoms with Crippen molar-refractivity contribution in [1.29, 1.82) is 0 Å². The van der Waals surface area contributed by atoms with Gasteiger partial charge in [-0.2, -0.15) is 0 Å². The largest absolute Gasteiger partial charge is 0.488 e. The highest BCUT2D eigenvalue weighted by atomic mass is 19.1. The molecule has 0 unspecified atom stereocenters. The smallest absolute Gasteiger partial charge is 0.335 e. The van der Waals surface area contributed by atoms with Gasteiger partial charge in [0.1, 0.15) is 17.7 Å². The first-order valence-electron chi connectivity index (χ1n) is 14.1. The van der Waals surface area contributed by atoms with Gasteiger partial charge in [-0.1, -0.05) is 19.1 Å². The summed E-state index contributed by atoms with van der Waals surface area (Å²) < 4.78 is 19.7. The van der Waals surface area contributed by atoms with Crippen LogP contribution in [-0.2, 0) is 17.8 Å². The maximum absolute atomic E-state index is 13.5. The van der Waals surface area contributed by atoms with E-state index in [4.69, 9.17) is 4.74 Å². The number of rotatable bonds is 9. The monoisotopic (exact) mass is 592 g/mol. The predicted octanol–water partition coefficient (Wildman–Crippen LogP) is 4.45. The van der Waals surface area contributed by atoms with Crippen molar-refractivity contribution in [3.63, 3.8) is 0 Å². The van der Waals surface area contributed by atoms with Crippen LogP contribution in [0.3, 0.4) is 0 Å². The number of aromatic carboxylic acids is 1. The molecule has 11 heteroatoms. The molecular weight excluding hydrogens is 555 g/mol. The molecule has 1 aliphatic heterocycles. The number of ether oxygens (including phenoxy) is 1. The van der Waals surface area contributed by atoms with Crippen molar-refractivity contribution in [2.75, 3.05) is 37.4 Å². The summed E-state index contributed by atoms with van der Waals surface area (Å²) in [4.78, 5) is 41.0. The van der Waals surface area contributed by atoms with E-state index >= 15 is 0 Å². The number of nitrogens with one attached hydrogen (secondary N) is 2. The summed E-state index contributed by atoms with van der Waals surface area (Å²) in [5.74, 6) is -1.13. The van der Waals surface area contributed by atoms with E-state index in [2.05, 4.69) is 15.5 Å². The number of anilines is 2. The minimum atomic E-state index is -0.977. The minimum Gasteiger partial charge on any atom is -0.488 e. The number of amides is 3. The molecule has 3 atom stereocenters. The van der Waals surface area contributed by atoms with Crippen LogP contribution in [0, 0.1) is 11.7 Å². The molecule has 10 nitrogen and oxygen atoms in total. The number of halogens is 1. The van der Waals surface area contributed by atoms with Gasteiger partial charge >= 0.3 is 12.0 Å². The van der Waals surface area contributed by atoms with Crippen molar-refractivity contribution in [2.45, 2.75) is 39.0 Å². The standard InChI is InChI=1S/C32H37FN4O6/c1-20-16-37(21(2)19-38)30(39)15-24-14-27(35-32(42)34-26-10-8-25(33)9-11-26)12-13-28(24)43-29(20)18-36(3)17-22-4-6-23(7-5-22)31(40)41/h4-14,20-21,29,38H,15-19H2,1-3H3,(H,40,41)(H2,34,35,42)/t20-,21+,29-/m1/s1. The molecule has 3 aromatic rings. The van der Waals surface area contributed by atoms with E-state index in [1.165, 1.54) is 24.3 Å². The summed E-state index contributed by atoms with van der Waals surface area (Å²) in [5.41, 5.74) is 2.63. The Hall–Kier alpha value is -4.48. The van der Waals surface area contributed by atoms with Gasteiger partial charge in [-0.15, -0.1) is 0 Å². The summed E-state index contributed by atoms with van der Waals surface area (Å²) in [6, 6.07) is 16.3. The number of nitrogens with zero attached hydrogens (tertiary/aromatic N) is 2. The minimum absolute atomic E-state index is 0.0139. The number of carbonyl (C=O) groups is 3. The molecule has 0 saturated heterocycles. The Morgan fingerprint density at radius 1 is 1.07 bits per heavy atom. The number of fused-ring (bicyclic) bond motifs is 1. The zero-order chi connectivity index (χ0) is 31.1. The molecule has 0 spiro atoms. The number of carboxylic acids is 1. The van der Waals surface area contributed by atoms with Gasteiger partial charge in [0.05, 0.1) is 24.6 Å². The normalized spacial score (nSPS) is 17.6. The van der Waals surface area contributed by atoms with E-state index in [1.54, 1.807) is 54.3 Å². The van der Waals surface area contributed by atoms with Gasteiger partial charge < -0.3 is 30.5 Å². The first kappa shape index (κ1) is 31.5. The first-order valence-corrected chi connectivity index (χ1v) is 14.1. The lowest BCUT2D eigenvalue weighted by molar-refractivity contribution is -0.134. The van der Waals surface area contributed by atoms with Gasteiger partial charge in [-0.3, -0.25) is 9.69 Å². The van der Waals surface area contributed by atoms with Gasteiger partial charge in [-0.05, 0) is 74.1 Å². The third-order valence-corrected chi connectivity index (χ3v) is 7.42. The molecule has 0 radical (unpaired) electrons. The van der Waals surface area contributed by atoms with Crippen LogP contribution in [0.25, 0.3) is 0 Å². The third kappa shape index (κ3) is 8.52. The lowest BCUT2D eigenvalue weighted by atomic mass is 10.0. The fraction of sp³-hybridized carbons (Fsp3) is 0.344. The van der Waals surface area contributed by atoms with Crippen molar-refractivity contribution in [2.24, 2.45) is 5.92 Å². The molecule has 4 N–H and O–H groups in total. The van der Waals surface area contributed by atoms with Crippen LogP contribution in [0.2, 0.25) is 0 Å². The molecule has 4 rings (SSSR count). The average Bonchev–Trinajstić information content (AvgIpc) is 3.01. The van der Waals surface area contributed by atoms with Gasteiger partial charge in [0.2, 0.25) is 5.91 Å². The Bertz CT molecular complexity index is 1430. The van der Waals surface area contributed by atoms with Crippen LogP contribution < -0.4 is 15.4 Å². The Balaban J connectivity index is 1.54. The van der Waals surface area contributed by atoms with Crippen molar-refractivity contribution in [3.8, 4) is 5.75 Å². The summed E-state index contributed by atoms with van der Waals surface area (Å²) in [6.45, 7) is 5.06. The lowest BCUT2D eigenvalue weighted by Crippen LogP contribution is -2.47. The molecule has 1 heterocycles. The van der Waals surface area contributed by atoms with Crippen molar-refractivity contribution < 1.29 is 33.7 Å². The summed E-state index contributed by atoms with van der Waals surface area (Å²) >= 11 is 0. The number of carbonyl (C=O) groups excluding carboxylic acids is 2. The number of aliphatic hydroxyl groups is 1. The maximum atomic E-state index is 13.5. The van der Waals surface area contributed by atoms with Gasteiger partial charge in [0, 0.05) is 42.5 Å².